The van der Waals surface area contributed by atoms with Crippen LogP contribution in [0.25, 0.3) is 0 Å². The molecule has 1 aliphatic carbocycles. The van der Waals surface area contributed by atoms with E-state index in [1.165, 1.54) is 12.8 Å². The van der Waals surface area contributed by atoms with Crippen molar-refractivity contribution in [2.24, 2.45) is 11.8 Å². The molecule has 1 saturated carbocycles. The normalized spacial score (nSPS) is 24.6. The minimum atomic E-state index is -3.43. The Morgan fingerprint density at radius 1 is 1.26 bits per heavy atom. The number of sulfonamides is 1. The number of aryl methyl sites for hydroxylation is 2. The number of aromatic nitrogens is 2. The first-order chi connectivity index (χ1) is 8.90. The van der Waals surface area contributed by atoms with Crippen LogP contribution in [0.2, 0.25) is 0 Å². The Balaban J connectivity index is 1.99. The molecule has 6 heteroatoms. The first kappa shape index (κ1) is 14.5. The fraction of sp³-hybridized carbons (Fsp3) is 0.769. The SMILES string of the molecule is Cc1n[nH]c(C)c1S(=O)(=O)NCC1CCC(C)CC1. The minimum Gasteiger partial charge on any atom is -0.281 e. The van der Waals surface area contributed by atoms with Crippen molar-refractivity contribution in [1.82, 2.24) is 14.9 Å². The van der Waals surface area contributed by atoms with Gasteiger partial charge in [-0.2, -0.15) is 5.10 Å². The largest absolute Gasteiger partial charge is 0.281 e. The topological polar surface area (TPSA) is 74.8 Å². The van der Waals surface area contributed by atoms with Crippen molar-refractivity contribution in [3.8, 4) is 0 Å². The Morgan fingerprint density at radius 2 is 1.89 bits per heavy atom. The molecule has 0 saturated heterocycles. The molecule has 1 fully saturated rings. The van der Waals surface area contributed by atoms with E-state index in [1.54, 1.807) is 13.8 Å². The maximum absolute atomic E-state index is 12.3. The molecule has 0 unspecified atom stereocenters. The van der Waals surface area contributed by atoms with Gasteiger partial charge < -0.3 is 0 Å². The maximum atomic E-state index is 12.3. The summed E-state index contributed by atoms with van der Waals surface area (Å²) >= 11 is 0. The molecule has 0 radical (unpaired) electrons. The predicted molar refractivity (Wildman–Crippen MR) is 74.4 cm³/mol. The number of hydrogen-bond donors (Lipinski definition) is 2. The predicted octanol–water partition coefficient (Wildman–Crippen LogP) is 2.13. The molecule has 2 N–H and O–H groups in total. The third-order valence-electron chi connectivity index (χ3n) is 4.03. The van der Waals surface area contributed by atoms with Crippen LogP contribution in [0.4, 0.5) is 0 Å². The molecule has 1 aromatic rings. The molecule has 0 aliphatic heterocycles. The van der Waals surface area contributed by atoms with E-state index in [1.807, 2.05) is 0 Å². The number of hydrogen-bond acceptors (Lipinski definition) is 3. The molecule has 0 bridgehead atoms. The molecule has 1 aromatic heterocycles. The molecule has 0 spiro atoms. The van der Waals surface area contributed by atoms with Crippen molar-refractivity contribution in [3.63, 3.8) is 0 Å². The van der Waals surface area contributed by atoms with Gasteiger partial charge in [0.05, 0.1) is 11.4 Å². The molecular formula is C13H23N3O2S. The summed E-state index contributed by atoms with van der Waals surface area (Å²) in [6.07, 6.45) is 4.65. The van der Waals surface area contributed by atoms with Gasteiger partial charge in [0.25, 0.3) is 0 Å². The lowest BCUT2D eigenvalue weighted by Crippen LogP contribution is -2.31. The van der Waals surface area contributed by atoms with Gasteiger partial charge in [0.1, 0.15) is 4.90 Å². The summed E-state index contributed by atoms with van der Waals surface area (Å²) in [5.74, 6) is 1.25. The lowest BCUT2D eigenvalue weighted by molar-refractivity contribution is 0.290. The smallest absolute Gasteiger partial charge is 0.244 e. The van der Waals surface area contributed by atoms with Crippen LogP contribution in [-0.4, -0.2) is 25.2 Å². The lowest BCUT2D eigenvalue weighted by Gasteiger charge is -2.26. The Morgan fingerprint density at radius 3 is 2.42 bits per heavy atom. The highest BCUT2D eigenvalue weighted by molar-refractivity contribution is 7.89. The first-order valence-electron chi connectivity index (χ1n) is 6.91. The highest BCUT2D eigenvalue weighted by Crippen LogP contribution is 2.28. The van der Waals surface area contributed by atoms with Crippen molar-refractivity contribution < 1.29 is 8.42 Å². The van der Waals surface area contributed by atoms with Gasteiger partial charge in [-0.1, -0.05) is 19.8 Å². The summed E-state index contributed by atoms with van der Waals surface area (Å²) in [4.78, 5) is 0.302. The van der Waals surface area contributed by atoms with Crippen molar-refractivity contribution in [2.75, 3.05) is 6.54 Å². The van der Waals surface area contributed by atoms with Gasteiger partial charge in [0, 0.05) is 6.54 Å². The molecule has 1 aliphatic rings. The van der Waals surface area contributed by atoms with Crippen LogP contribution in [0, 0.1) is 25.7 Å². The maximum Gasteiger partial charge on any atom is 0.244 e. The van der Waals surface area contributed by atoms with Crippen molar-refractivity contribution in [1.29, 1.82) is 0 Å². The standard InChI is InChI=1S/C13H23N3O2S/c1-9-4-6-12(7-5-9)8-14-19(17,18)13-10(2)15-16-11(13)3/h9,12,14H,4-8H2,1-3H3,(H,15,16). The molecule has 19 heavy (non-hydrogen) atoms. The summed E-state index contributed by atoms with van der Waals surface area (Å²) in [7, 11) is -3.43. The van der Waals surface area contributed by atoms with Crippen LogP contribution in [0.1, 0.15) is 44.0 Å². The van der Waals surface area contributed by atoms with Gasteiger partial charge in [0.2, 0.25) is 10.0 Å². The molecule has 108 valence electrons. The van der Waals surface area contributed by atoms with Crippen molar-refractivity contribution in [3.05, 3.63) is 11.4 Å². The zero-order valence-electron chi connectivity index (χ0n) is 11.9. The van der Waals surface area contributed by atoms with E-state index in [-0.39, 0.29) is 0 Å². The second kappa shape index (κ2) is 5.63. The van der Waals surface area contributed by atoms with Crippen molar-refractivity contribution in [2.45, 2.75) is 51.3 Å². The Bertz CT molecular complexity index is 509. The Labute approximate surface area is 115 Å². The van der Waals surface area contributed by atoms with Crippen LogP contribution < -0.4 is 4.72 Å². The summed E-state index contributed by atoms with van der Waals surface area (Å²) in [6, 6.07) is 0. The molecular weight excluding hydrogens is 262 g/mol. The number of rotatable bonds is 4. The second-order valence-corrected chi connectivity index (χ2v) is 7.44. The van der Waals surface area contributed by atoms with E-state index in [0.717, 1.165) is 18.8 Å². The third kappa shape index (κ3) is 3.36. The quantitative estimate of drug-likeness (QED) is 0.890. The highest BCUT2D eigenvalue weighted by atomic mass is 32.2. The van der Waals surface area contributed by atoms with Crippen molar-refractivity contribution >= 4 is 10.0 Å². The second-order valence-electron chi connectivity index (χ2n) is 5.74. The van der Waals surface area contributed by atoms with Crippen LogP contribution in [-0.2, 0) is 10.0 Å². The monoisotopic (exact) mass is 285 g/mol. The van der Waals surface area contributed by atoms with Crippen LogP contribution in [0.5, 0.6) is 0 Å². The van der Waals surface area contributed by atoms with Gasteiger partial charge in [0.15, 0.2) is 0 Å². The third-order valence-corrected chi connectivity index (χ3v) is 5.71. The van der Waals surface area contributed by atoms with Gasteiger partial charge in [-0.25, -0.2) is 13.1 Å². The Hall–Kier alpha value is -0.880. The summed E-state index contributed by atoms with van der Waals surface area (Å²) < 4.78 is 27.3. The van der Waals surface area contributed by atoms with Crippen LogP contribution in [0.3, 0.4) is 0 Å². The fourth-order valence-electron chi connectivity index (χ4n) is 2.77. The minimum absolute atomic E-state index is 0.302. The average Bonchev–Trinajstić information content (AvgIpc) is 2.69. The molecule has 1 heterocycles. The zero-order chi connectivity index (χ0) is 14.0. The molecule has 2 rings (SSSR count). The number of nitrogens with one attached hydrogen (secondary N) is 2. The van der Waals surface area contributed by atoms with E-state index in [2.05, 4.69) is 21.8 Å². The van der Waals surface area contributed by atoms with E-state index < -0.39 is 10.0 Å². The van der Waals surface area contributed by atoms with Crippen LogP contribution in [0.15, 0.2) is 4.90 Å². The highest BCUT2D eigenvalue weighted by Gasteiger charge is 2.24. The number of H-pyrrole nitrogens is 1. The molecule has 0 atom stereocenters. The summed E-state index contributed by atoms with van der Waals surface area (Å²) in [5.41, 5.74) is 1.13. The lowest BCUT2D eigenvalue weighted by atomic mass is 9.83. The van der Waals surface area contributed by atoms with E-state index >= 15 is 0 Å². The Kier molecular flexibility index (Phi) is 4.30. The summed E-state index contributed by atoms with van der Waals surface area (Å²) in [6.45, 7) is 6.24. The van der Waals surface area contributed by atoms with E-state index in [0.29, 0.717) is 28.7 Å². The van der Waals surface area contributed by atoms with E-state index in [4.69, 9.17) is 0 Å². The zero-order valence-corrected chi connectivity index (χ0v) is 12.7. The first-order valence-corrected chi connectivity index (χ1v) is 8.39. The van der Waals surface area contributed by atoms with Gasteiger partial charge in [-0.3, -0.25) is 5.10 Å². The van der Waals surface area contributed by atoms with Gasteiger partial charge in [-0.15, -0.1) is 0 Å². The van der Waals surface area contributed by atoms with Crippen LogP contribution >= 0.6 is 0 Å². The molecule has 0 amide bonds. The summed E-state index contributed by atoms with van der Waals surface area (Å²) in [5, 5.41) is 6.66. The van der Waals surface area contributed by atoms with Gasteiger partial charge in [-0.05, 0) is 38.5 Å². The fourth-order valence-corrected chi connectivity index (χ4v) is 4.25. The molecule has 0 aromatic carbocycles. The average molecular weight is 285 g/mol. The van der Waals surface area contributed by atoms with E-state index in [9.17, 15) is 8.42 Å². The molecule has 5 nitrogen and oxygen atoms in total. The van der Waals surface area contributed by atoms with Gasteiger partial charge >= 0.3 is 0 Å². The number of aromatic amines is 1. The number of nitrogens with zero attached hydrogens (tertiary/aromatic N) is 1.